The number of thioether (sulfide) groups is 1. The maximum absolute atomic E-state index is 13.7. The Balaban J connectivity index is 1.83. The molecule has 0 spiro atoms. The Morgan fingerprint density at radius 1 is 0.889 bits per heavy atom. The number of rotatable bonds is 11. The molecule has 3 aromatic rings. The Morgan fingerprint density at radius 3 is 2.08 bits per heavy atom. The van der Waals surface area contributed by atoms with Crippen LogP contribution in [0.15, 0.2) is 84.9 Å². The third-order valence-electron chi connectivity index (χ3n) is 5.64. The molecule has 6 heteroatoms. The SMILES string of the molecule is CC(C)(C)NC(=O)[C@@H](Cc1ccccc1)N(Cc1ccccc1Cl)C(=O)CCSCc1ccccc1. The minimum absolute atomic E-state index is 0.0551. The van der Waals surface area contributed by atoms with Crippen LogP contribution in [-0.2, 0) is 28.3 Å². The van der Waals surface area contributed by atoms with E-state index in [9.17, 15) is 9.59 Å². The molecular formula is C30H35ClN2O2S. The molecule has 0 heterocycles. The monoisotopic (exact) mass is 522 g/mol. The molecule has 0 aliphatic heterocycles. The van der Waals surface area contributed by atoms with Crippen LogP contribution in [0, 0.1) is 0 Å². The van der Waals surface area contributed by atoms with Gasteiger partial charge in [0.1, 0.15) is 6.04 Å². The lowest BCUT2D eigenvalue weighted by atomic mass is 10.0. The van der Waals surface area contributed by atoms with Gasteiger partial charge in [-0.1, -0.05) is 90.5 Å². The van der Waals surface area contributed by atoms with Crippen LogP contribution in [-0.4, -0.2) is 34.0 Å². The number of nitrogens with one attached hydrogen (secondary N) is 1. The van der Waals surface area contributed by atoms with Gasteiger partial charge in [0.25, 0.3) is 0 Å². The Bertz CT molecular complexity index is 1120. The standard InChI is InChI=1S/C30H35ClN2O2S/c1-30(2,3)32-29(35)27(20-23-12-6-4-7-13-23)33(21-25-16-10-11-17-26(25)31)28(34)18-19-36-22-24-14-8-5-9-15-24/h4-17,27H,18-22H2,1-3H3,(H,32,35)/t27-/m1/s1. The summed E-state index contributed by atoms with van der Waals surface area (Å²) in [5.74, 6) is 1.30. The van der Waals surface area contributed by atoms with E-state index in [0.717, 1.165) is 16.9 Å². The first-order chi connectivity index (χ1) is 17.2. The van der Waals surface area contributed by atoms with Gasteiger partial charge in [-0.25, -0.2) is 0 Å². The van der Waals surface area contributed by atoms with E-state index >= 15 is 0 Å². The van der Waals surface area contributed by atoms with Crippen molar-refractivity contribution < 1.29 is 9.59 Å². The highest BCUT2D eigenvalue weighted by atomic mass is 35.5. The molecule has 0 aliphatic rings. The van der Waals surface area contributed by atoms with Gasteiger partial charge in [0.05, 0.1) is 0 Å². The largest absolute Gasteiger partial charge is 0.350 e. The summed E-state index contributed by atoms with van der Waals surface area (Å²) in [7, 11) is 0. The van der Waals surface area contributed by atoms with Crippen molar-refractivity contribution in [2.24, 2.45) is 0 Å². The van der Waals surface area contributed by atoms with E-state index in [4.69, 9.17) is 11.6 Å². The minimum atomic E-state index is -0.658. The van der Waals surface area contributed by atoms with E-state index in [-0.39, 0.29) is 18.4 Å². The van der Waals surface area contributed by atoms with Crippen molar-refractivity contribution in [3.8, 4) is 0 Å². The Labute approximate surface area is 224 Å². The molecule has 1 N–H and O–H groups in total. The molecule has 0 unspecified atom stereocenters. The second-order valence-corrected chi connectivity index (χ2v) is 11.4. The summed E-state index contributed by atoms with van der Waals surface area (Å²) >= 11 is 8.20. The fraction of sp³-hybridized carbons (Fsp3) is 0.333. The topological polar surface area (TPSA) is 49.4 Å². The van der Waals surface area contributed by atoms with Gasteiger partial charge in [0.15, 0.2) is 0 Å². The Kier molecular flexibility index (Phi) is 10.4. The first-order valence-electron chi connectivity index (χ1n) is 12.2. The van der Waals surface area contributed by atoms with Crippen molar-refractivity contribution >= 4 is 35.2 Å². The van der Waals surface area contributed by atoms with Gasteiger partial charge in [0, 0.05) is 41.5 Å². The summed E-state index contributed by atoms with van der Waals surface area (Å²) in [6.07, 6.45) is 0.770. The van der Waals surface area contributed by atoms with Gasteiger partial charge in [-0.2, -0.15) is 11.8 Å². The third-order valence-corrected chi connectivity index (χ3v) is 7.04. The highest BCUT2D eigenvalue weighted by Gasteiger charge is 2.32. The molecule has 0 saturated carbocycles. The minimum Gasteiger partial charge on any atom is -0.350 e. The molecule has 2 amide bonds. The summed E-state index contributed by atoms with van der Waals surface area (Å²) in [6, 6.07) is 26.9. The molecular weight excluding hydrogens is 488 g/mol. The van der Waals surface area contributed by atoms with Gasteiger partial charge in [0.2, 0.25) is 11.8 Å². The van der Waals surface area contributed by atoms with Crippen LogP contribution in [0.3, 0.4) is 0 Å². The summed E-state index contributed by atoms with van der Waals surface area (Å²) in [6.45, 7) is 6.12. The van der Waals surface area contributed by atoms with E-state index in [1.54, 1.807) is 16.7 Å². The lowest BCUT2D eigenvalue weighted by Gasteiger charge is -2.34. The fourth-order valence-electron chi connectivity index (χ4n) is 3.88. The first kappa shape index (κ1) is 27.8. The number of hydrogen-bond donors (Lipinski definition) is 1. The van der Waals surface area contributed by atoms with Gasteiger partial charge in [-0.15, -0.1) is 0 Å². The Morgan fingerprint density at radius 2 is 1.47 bits per heavy atom. The average molecular weight is 523 g/mol. The number of hydrogen-bond acceptors (Lipinski definition) is 3. The summed E-state index contributed by atoms with van der Waals surface area (Å²) < 4.78 is 0. The van der Waals surface area contributed by atoms with Crippen LogP contribution in [0.5, 0.6) is 0 Å². The number of benzene rings is 3. The van der Waals surface area contributed by atoms with Crippen LogP contribution in [0.2, 0.25) is 5.02 Å². The van der Waals surface area contributed by atoms with Gasteiger partial charge in [-0.05, 0) is 43.5 Å². The average Bonchev–Trinajstić information content (AvgIpc) is 2.85. The maximum Gasteiger partial charge on any atom is 0.243 e. The van der Waals surface area contributed by atoms with Gasteiger partial charge in [-0.3, -0.25) is 9.59 Å². The highest BCUT2D eigenvalue weighted by Crippen LogP contribution is 2.22. The predicted octanol–water partition coefficient (Wildman–Crippen LogP) is 6.52. The summed E-state index contributed by atoms with van der Waals surface area (Å²) in [5.41, 5.74) is 2.64. The number of amides is 2. The lowest BCUT2D eigenvalue weighted by Crippen LogP contribution is -2.54. The van der Waals surface area contributed by atoms with E-state index in [2.05, 4.69) is 17.4 Å². The molecule has 1 atom stereocenters. The molecule has 36 heavy (non-hydrogen) atoms. The molecule has 0 bridgehead atoms. The van der Waals surface area contributed by atoms with Crippen molar-refractivity contribution in [2.45, 2.75) is 57.5 Å². The lowest BCUT2D eigenvalue weighted by molar-refractivity contribution is -0.141. The van der Waals surface area contributed by atoms with Crippen molar-refractivity contribution in [2.75, 3.05) is 5.75 Å². The third kappa shape index (κ3) is 9.03. The molecule has 0 radical (unpaired) electrons. The fourth-order valence-corrected chi connectivity index (χ4v) is 4.97. The smallest absolute Gasteiger partial charge is 0.243 e. The van der Waals surface area contributed by atoms with Crippen LogP contribution < -0.4 is 5.32 Å². The zero-order valence-electron chi connectivity index (χ0n) is 21.2. The molecule has 0 aliphatic carbocycles. The van der Waals surface area contributed by atoms with Gasteiger partial charge >= 0.3 is 0 Å². The predicted molar refractivity (Wildman–Crippen MR) is 151 cm³/mol. The molecule has 190 valence electrons. The second kappa shape index (κ2) is 13.5. The van der Waals surface area contributed by atoms with Crippen LogP contribution >= 0.6 is 23.4 Å². The maximum atomic E-state index is 13.7. The van der Waals surface area contributed by atoms with E-state index < -0.39 is 11.6 Å². The van der Waals surface area contributed by atoms with E-state index in [1.807, 2.05) is 93.6 Å². The quantitative estimate of drug-likeness (QED) is 0.292. The molecule has 4 nitrogen and oxygen atoms in total. The first-order valence-corrected chi connectivity index (χ1v) is 13.8. The number of nitrogens with zero attached hydrogens (tertiary/aromatic N) is 1. The van der Waals surface area contributed by atoms with Crippen molar-refractivity contribution in [3.63, 3.8) is 0 Å². The normalized spacial score (nSPS) is 12.1. The zero-order chi connectivity index (χ0) is 26.0. The van der Waals surface area contributed by atoms with Crippen molar-refractivity contribution in [3.05, 3.63) is 107 Å². The van der Waals surface area contributed by atoms with Crippen molar-refractivity contribution in [1.82, 2.24) is 10.2 Å². The molecule has 3 aromatic carbocycles. The highest BCUT2D eigenvalue weighted by molar-refractivity contribution is 7.98. The van der Waals surface area contributed by atoms with Crippen LogP contribution in [0.4, 0.5) is 0 Å². The second-order valence-electron chi connectivity index (χ2n) is 9.85. The summed E-state index contributed by atoms with van der Waals surface area (Å²) in [5, 5.41) is 3.68. The molecule has 0 saturated heterocycles. The number of carbonyl (C=O) groups excluding carboxylic acids is 2. The number of halogens is 1. The summed E-state index contributed by atoms with van der Waals surface area (Å²) in [4.78, 5) is 28.9. The van der Waals surface area contributed by atoms with Gasteiger partial charge < -0.3 is 10.2 Å². The molecule has 3 rings (SSSR count). The van der Waals surface area contributed by atoms with E-state index in [1.165, 1.54) is 5.56 Å². The number of carbonyl (C=O) groups is 2. The van der Waals surface area contributed by atoms with Crippen molar-refractivity contribution in [1.29, 1.82) is 0 Å². The zero-order valence-corrected chi connectivity index (χ0v) is 22.8. The van der Waals surface area contributed by atoms with Crippen LogP contribution in [0.25, 0.3) is 0 Å². The molecule has 0 aromatic heterocycles. The Hall–Kier alpha value is -2.76. The molecule has 0 fully saturated rings. The van der Waals surface area contributed by atoms with Crippen LogP contribution in [0.1, 0.15) is 43.9 Å². The van der Waals surface area contributed by atoms with E-state index in [0.29, 0.717) is 23.6 Å².